The lowest BCUT2D eigenvalue weighted by molar-refractivity contribution is 0.0963. The van der Waals surface area contributed by atoms with E-state index in [9.17, 15) is 4.79 Å². The Morgan fingerprint density at radius 2 is 1.69 bits per heavy atom. The zero-order chi connectivity index (χ0) is 12.1. The van der Waals surface area contributed by atoms with E-state index < -0.39 is 0 Å². The third-order valence-electron chi connectivity index (χ3n) is 1.89. The van der Waals surface area contributed by atoms with E-state index in [1.165, 1.54) is 6.92 Å². The number of hydrogen-bond acceptors (Lipinski definition) is 4. The minimum atomic E-state index is -0.178. The van der Waals surface area contributed by atoms with Crippen LogP contribution in [0.4, 0.5) is 0 Å². The molecule has 0 saturated carbocycles. The van der Waals surface area contributed by atoms with E-state index in [0.29, 0.717) is 11.1 Å². The molecule has 0 radical (unpaired) electrons. The molecule has 1 aromatic carbocycles. The van der Waals surface area contributed by atoms with Crippen LogP contribution in [0.15, 0.2) is 24.3 Å². The highest BCUT2D eigenvalue weighted by Gasteiger charge is 2.06. The standard InChI is InChI=1S/C11H13N3O2/c1-7(12)16-10(13)8-3-5-9(6-4-8)11(15)14-2/h3-6,12-13H,1-2H3,(H,14,15). The van der Waals surface area contributed by atoms with Crippen molar-refractivity contribution < 1.29 is 9.53 Å². The van der Waals surface area contributed by atoms with Crippen LogP contribution in [0.2, 0.25) is 0 Å². The highest BCUT2D eigenvalue weighted by molar-refractivity contribution is 6.00. The van der Waals surface area contributed by atoms with Gasteiger partial charge in [-0.25, -0.2) is 0 Å². The molecule has 0 heterocycles. The summed E-state index contributed by atoms with van der Waals surface area (Å²) in [5, 5.41) is 17.1. The third-order valence-corrected chi connectivity index (χ3v) is 1.89. The number of rotatable bonds is 2. The van der Waals surface area contributed by atoms with Crippen molar-refractivity contribution in [2.24, 2.45) is 0 Å². The summed E-state index contributed by atoms with van der Waals surface area (Å²) in [5.41, 5.74) is 1.05. The average Bonchev–Trinajstić information content (AvgIpc) is 2.27. The molecule has 1 amide bonds. The quantitative estimate of drug-likeness (QED) is 0.518. The normalized spacial score (nSPS) is 9.38. The first-order chi connectivity index (χ1) is 7.54. The smallest absolute Gasteiger partial charge is 0.251 e. The summed E-state index contributed by atoms with van der Waals surface area (Å²) < 4.78 is 4.83. The van der Waals surface area contributed by atoms with Crippen LogP contribution in [0, 0.1) is 10.8 Å². The molecule has 5 heteroatoms. The molecular formula is C11H13N3O2. The van der Waals surface area contributed by atoms with Gasteiger partial charge in [0.15, 0.2) is 5.90 Å². The minimum Gasteiger partial charge on any atom is -0.426 e. The fraction of sp³-hybridized carbons (Fsp3) is 0.182. The van der Waals surface area contributed by atoms with Gasteiger partial charge < -0.3 is 10.1 Å². The molecule has 0 atom stereocenters. The molecule has 0 spiro atoms. The van der Waals surface area contributed by atoms with Crippen LogP contribution >= 0.6 is 0 Å². The molecule has 0 saturated heterocycles. The van der Waals surface area contributed by atoms with Gasteiger partial charge in [0.05, 0.1) is 0 Å². The van der Waals surface area contributed by atoms with E-state index in [-0.39, 0.29) is 17.7 Å². The Kier molecular flexibility index (Phi) is 3.77. The van der Waals surface area contributed by atoms with E-state index >= 15 is 0 Å². The summed E-state index contributed by atoms with van der Waals surface area (Å²) in [6.45, 7) is 1.45. The van der Waals surface area contributed by atoms with E-state index in [1.807, 2.05) is 0 Å². The molecule has 84 valence electrons. The first kappa shape index (κ1) is 11.9. The molecule has 0 aromatic heterocycles. The van der Waals surface area contributed by atoms with Gasteiger partial charge in [-0.2, -0.15) is 0 Å². The maximum atomic E-state index is 11.2. The van der Waals surface area contributed by atoms with Gasteiger partial charge in [-0.1, -0.05) is 0 Å². The van der Waals surface area contributed by atoms with Crippen LogP contribution in [0.3, 0.4) is 0 Å². The molecule has 0 aliphatic carbocycles. The first-order valence-electron chi connectivity index (χ1n) is 4.68. The Bertz CT molecular complexity index is 423. The Hall–Kier alpha value is -2.17. The fourth-order valence-corrected chi connectivity index (χ4v) is 1.13. The SMILES string of the molecule is CNC(=O)c1ccc(C(=N)OC(C)=N)cc1. The van der Waals surface area contributed by atoms with Gasteiger partial charge in [0.25, 0.3) is 5.91 Å². The Morgan fingerprint density at radius 1 is 1.19 bits per heavy atom. The summed E-state index contributed by atoms with van der Waals surface area (Å²) in [6, 6.07) is 6.42. The Labute approximate surface area is 93.5 Å². The van der Waals surface area contributed by atoms with Crippen LogP contribution in [0.5, 0.6) is 0 Å². The van der Waals surface area contributed by atoms with E-state index in [4.69, 9.17) is 15.6 Å². The Balaban J connectivity index is 2.82. The van der Waals surface area contributed by atoms with Gasteiger partial charge in [0.2, 0.25) is 5.90 Å². The second-order valence-corrected chi connectivity index (χ2v) is 3.14. The van der Waals surface area contributed by atoms with Gasteiger partial charge >= 0.3 is 0 Å². The summed E-state index contributed by atoms with van der Waals surface area (Å²) in [5.74, 6) is -0.321. The highest BCUT2D eigenvalue weighted by atomic mass is 16.5. The van der Waals surface area contributed by atoms with E-state index in [0.717, 1.165) is 0 Å². The fourth-order valence-electron chi connectivity index (χ4n) is 1.13. The number of hydrogen-bond donors (Lipinski definition) is 3. The molecule has 1 rings (SSSR count). The topological polar surface area (TPSA) is 86.0 Å². The van der Waals surface area contributed by atoms with Crippen molar-refractivity contribution in [2.75, 3.05) is 7.05 Å². The predicted molar refractivity (Wildman–Crippen MR) is 61.1 cm³/mol. The van der Waals surface area contributed by atoms with Gasteiger partial charge in [-0.15, -0.1) is 0 Å². The van der Waals surface area contributed by atoms with Crippen molar-refractivity contribution in [1.29, 1.82) is 10.8 Å². The number of nitrogens with one attached hydrogen (secondary N) is 3. The van der Waals surface area contributed by atoms with Crippen molar-refractivity contribution in [1.82, 2.24) is 5.32 Å². The molecule has 5 nitrogen and oxygen atoms in total. The summed E-state index contributed by atoms with van der Waals surface area (Å²) >= 11 is 0. The number of carbonyl (C=O) groups is 1. The van der Waals surface area contributed by atoms with E-state index in [2.05, 4.69) is 5.32 Å². The minimum absolute atomic E-state index is 0.0413. The lowest BCUT2D eigenvalue weighted by Gasteiger charge is -2.05. The van der Waals surface area contributed by atoms with Crippen molar-refractivity contribution in [3.63, 3.8) is 0 Å². The maximum Gasteiger partial charge on any atom is 0.251 e. The average molecular weight is 219 g/mol. The van der Waals surface area contributed by atoms with Crippen molar-refractivity contribution in [2.45, 2.75) is 6.92 Å². The first-order valence-corrected chi connectivity index (χ1v) is 4.68. The number of amides is 1. The third kappa shape index (κ3) is 2.91. The molecule has 0 unspecified atom stereocenters. The summed E-state index contributed by atoms with van der Waals surface area (Å²) in [7, 11) is 1.56. The molecule has 0 fully saturated rings. The monoisotopic (exact) mass is 219 g/mol. The highest BCUT2D eigenvalue weighted by Crippen LogP contribution is 2.06. The van der Waals surface area contributed by atoms with Crippen molar-refractivity contribution in [3.8, 4) is 0 Å². The number of benzene rings is 1. The molecular weight excluding hydrogens is 206 g/mol. The molecule has 0 aliphatic heterocycles. The van der Waals surface area contributed by atoms with Crippen LogP contribution in [-0.4, -0.2) is 24.8 Å². The lowest BCUT2D eigenvalue weighted by Crippen LogP contribution is -2.18. The second-order valence-electron chi connectivity index (χ2n) is 3.14. The zero-order valence-electron chi connectivity index (χ0n) is 9.13. The van der Waals surface area contributed by atoms with Gasteiger partial charge in [0, 0.05) is 25.1 Å². The molecule has 1 aromatic rings. The zero-order valence-corrected chi connectivity index (χ0v) is 9.13. The number of ether oxygens (including phenoxy) is 1. The molecule has 3 N–H and O–H groups in total. The van der Waals surface area contributed by atoms with Gasteiger partial charge in [-0.05, 0) is 24.3 Å². The van der Waals surface area contributed by atoms with Crippen LogP contribution in [0.1, 0.15) is 22.8 Å². The maximum absolute atomic E-state index is 11.2. The summed E-state index contributed by atoms with van der Waals surface area (Å²) in [6.07, 6.45) is 0. The summed E-state index contributed by atoms with van der Waals surface area (Å²) in [4.78, 5) is 11.2. The Morgan fingerprint density at radius 3 is 2.12 bits per heavy atom. The number of carbonyl (C=O) groups excluding carboxylic acids is 1. The molecule has 0 bridgehead atoms. The second kappa shape index (κ2) is 5.06. The lowest BCUT2D eigenvalue weighted by atomic mass is 10.1. The predicted octanol–water partition coefficient (Wildman–Crippen LogP) is 1.39. The van der Waals surface area contributed by atoms with Crippen LogP contribution in [0.25, 0.3) is 0 Å². The molecule has 16 heavy (non-hydrogen) atoms. The van der Waals surface area contributed by atoms with E-state index in [1.54, 1.807) is 31.3 Å². The van der Waals surface area contributed by atoms with Gasteiger partial charge in [-0.3, -0.25) is 15.6 Å². The van der Waals surface area contributed by atoms with Crippen LogP contribution in [-0.2, 0) is 4.74 Å². The molecule has 0 aliphatic rings. The van der Waals surface area contributed by atoms with Crippen LogP contribution < -0.4 is 5.32 Å². The largest absolute Gasteiger partial charge is 0.426 e. The van der Waals surface area contributed by atoms with Crippen molar-refractivity contribution in [3.05, 3.63) is 35.4 Å². The van der Waals surface area contributed by atoms with Gasteiger partial charge in [0.1, 0.15) is 0 Å². The van der Waals surface area contributed by atoms with Crippen molar-refractivity contribution >= 4 is 17.7 Å².